The lowest BCUT2D eigenvalue weighted by atomic mass is 9.90. The molecule has 0 saturated carbocycles. The second-order valence-electron chi connectivity index (χ2n) is 6.82. The van der Waals surface area contributed by atoms with Gasteiger partial charge in [-0.25, -0.2) is 4.79 Å². The molecule has 3 aliphatic heterocycles. The predicted molar refractivity (Wildman–Crippen MR) is 85.9 cm³/mol. The van der Waals surface area contributed by atoms with E-state index in [-0.39, 0.29) is 12.0 Å². The van der Waals surface area contributed by atoms with Crippen LogP contribution in [0.15, 0.2) is 30.3 Å². The van der Waals surface area contributed by atoms with E-state index in [4.69, 9.17) is 24.7 Å². The maximum absolute atomic E-state index is 12.2. The van der Waals surface area contributed by atoms with Crippen molar-refractivity contribution in [2.45, 2.75) is 38.5 Å². The van der Waals surface area contributed by atoms with Crippen molar-refractivity contribution in [2.24, 2.45) is 11.1 Å². The summed E-state index contributed by atoms with van der Waals surface area (Å²) >= 11 is 0. The average molecular weight is 336 g/mol. The number of carbonyl (C=O) groups excluding carboxylic acids is 1. The largest absolute Gasteiger partial charge is 0.445 e. The third-order valence-corrected chi connectivity index (χ3v) is 4.26. The Kier molecular flexibility index (Phi) is 4.78. The smallest absolute Gasteiger partial charge is 0.408 e. The Morgan fingerprint density at radius 1 is 1.25 bits per heavy atom. The molecule has 4 rings (SSSR count). The fourth-order valence-electron chi connectivity index (χ4n) is 2.78. The highest BCUT2D eigenvalue weighted by atomic mass is 16.9. The van der Waals surface area contributed by atoms with Gasteiger partial charge in [-0.15, -0.1) is 0 Å². The molecular formula is C17H24N2O5. The SMILES string of the molecule is C[C@H](N)[C@H](NC(=O)OCc1ccccc1)C12OCC(C)(CO1)CO2. The molecule has 3 fully saturated rings. The van der Waals surface area contributed by atoms with E-state index in [0.717, 1.165) is 5.56 Å². The van der Waals surface area contributed by atoms with Crippen LogP contribution in [0.2, 0.25) is 0 Å². The fraction of sp³-hybridized carbons (Fsp3) is 0.588. The summed E-state index contributed by atoms with van der Waals surface area (Å²) in [4.78, 5) is 12.2. The molecule has 7 heteroatoms. The molecular weight excluding hydrogens is 312 g/mol. The number of ether oxygens (including phenoxy) is 4. The van der Waals surface area contributed by atoms with Gasteiger partial charge in [0.2, 0.25) is 0 Å². The normalized spacial score (nSPS) is 31.3. The molecule has 7 nitrogen and oxygen atoms in total. The van der Waals surface area contributed by atoms with Crippen LogP contribution in [0.3, 0.4) is 0 Å². The van der Waals surface area contributed by atoms with Gasteiger partial charge in [0.1, 0.15) is 12.6 Å². The quantitative estimate of drug-likeness (QED) is 0.844. The van der Waals surface area contributed by atoms with Gasteiger partial charge >= 0.3 is 12.1 Å². The van der Waals surface area contributed by atoms with Crippen molar-refractivity contribution < 1.29 is 23.7 Å². The minimum atomic E-state index is -1.35. The molecule has 3 N–H and O–H groups in total. The lowest BCUT2D eigenvalue weighted by Gasteiger charge is -2.53. The van der Waals surface area contributed by atoms with Crippen molar-refractivity contribution in [2.75, 3.05) is 19.8 Å². The van der Waals surface area contributed by atoms with E-state index in [2.05, 4.69) is 5.32 Å². The Balaban J connectivity index is 1.61. The molecule has 3 aliphatic rings. The summed E-state index contributed by atoms with van der Waals surface area (Å²) < 4.78 is 22.5. The minimum Gasteiger partial charge on any atom is -0.445 e. The van der Waals surface area contributed by atoms with Crippen molar-refractivity contribution in [1.29, 1.82) is 0 Å². The van der Waals surface area contributed by atoms with Crippen LogP contribution in [-0.4, -0.2) is 44.0 Å². The highest BCUT2D eigenvalue weighted by molar-refractivity contribution is 5.67. The number of nitrogens with two attached hydrogens (primary N) is 1. The van der Waals surface area contributed by atoms with Gasteiger partial charge in [0.25, 0.3) is 0 Å². The number of alkyl carbamates (subject to hydrolysis) is 1. The molecule has 0 aromatic heterocycles. The van der Waals surface area contributed by atoms with Crippen molar-refractivity contribution in [3.63, 3.8) is 0 Å². The second-order valence-corrected chi connectivity index (χ2v) is 6.82. The van der Waals surface area contributed by atoms with E-state index in [1.54, 1.807) is 6.92 Å². The van der Waals surface area contributed by atoms with Gasteiger partial charge in [-0.2, -0.15) is 0 Å². The second kappa shape index (κ2) is 6.68. The van der Waals surface area contributed by atoms with Crippen molar-refractivity contribution in [3.8, 4) is 0 Å². The van der Waals surface area contributed by atoms with Crippen LogP contribution in [0.1, 0.15) is 19.4 Å². The first kappa shape index (κ1) is 17.2. The maximum Gasteiger partial charge on any atom is 0.408 e. The van der Waals surface area contributed by atoms with Crippen LogP contribution in [0.4, 0.5) is 4.79 Å². The van der Waals surface area contributed by atoms with E-state index in [9.17, 15) is 4.79 Å². The van der Waals surface area contributed by atoms with Crippen LogP contribution in [0, 0.1) is 5.41 Å². The first-order chi connectivity index (χ1) is 11.4. The highest BCUT2D eigenvalue weighted by Crippen LogP contribution is 2.40. The van der Waals surface area contributed by atoms with Crippen LogP contribution in [0.25, 0.3) is 0 Å². The summed E-state index contributed by atoms with van der Waals surface area (Å²) in [5, 5.41) is 2.72. The standard InChI is InChI=1S/C17H24N2O5/c1-12(18)14(17-22-9-16(2,10-23-17)11-24-17)19-15(20)21-8-13-6-4-3-5-7-13/h3-7,12,14H,8-11,18H2,1-2H3,(H,19,20)/t12-,14-,16?,17?/m0/s1. The Morgan fingerprint density at radius 3 is 2.38 bits per heavy atom. The number of rotatable bonds is 5. The molecule has 3 saturated heterocycles. The monoisotopic (exact) mass is 336 g/mol. The van der Waals surface area contributed by atoms with Crippen molar-refractivity contribution in [3.05, 3.63) is 35.9 Å². The highest BCUT2D eigenvalue weighted by Gasteiger charge is 2.56. The van der Waals surface area contributed by atoms with Gasteiger partial charge in [0, 0.05) is 11.5 Å². The molecule has 3 heterocycles. The zero-order valence-electron chi connectivity index (χ0n) is 14.0. The number of benzene rings is 1. The molecule has 2 atom stereocenters. The zero-order chi connectivity index (χ0) is 17.2. The molecule has 1 amide bonds. The van der Waals surface area contributed by atoms with Gasteiger partial charge in [-0.05, 0) is 12.5 Å². The topological polar surface area (TPSA) is 92.0 Å². The first-order valence-corrected chi connectivity index (χ1v) is 8.07. The molecule has 0 aliphatic carbocycles. The molecule has 132 valence electrons. The number of hydrogen-bond donors (Lipinski definition) is 2. The molecule has 0 unspecified atom stereocenters. The van der Waals surface area contributed by atoms with E-state index in [0.29, 0.717) is 19.8 Å². The van der Waals surface area contributed by atoms with Crippen LogP contribution in [-0.2, 0) is 25.6 Å². The summed E-state index contributed by atoms with van der Waals surface area (Å²) in [5.41, 5.74) is 6.77. The third-order valence-electron chi connectivity index (χ3n) is 4.26. The molecule has 1 aromatic rings. The number of hydrogen-bond acceptors (Lipinski definition) is 6. The lowest BCUT2D eigenvalue weighted by Crippen LogP contribution is -2.70. The zero-order valence-corrected chi connectivity index (χ0v) is 14.0. The summed E-state index contributed by atoms with van der Waals surface area (Å²) in [7, 11) is 0. The van der Waals surface area contributed by atoms with E-state index < -0.39 is 24.2 Å². The number of amides is 1. The van der Waals surface area contributed by atoms with Gasteiger partial charge in [-0.1, -0.05) is 37.3 Å². The minimum absolute atomic E-state index is 0.155. The average Bonchev–Trinajstić information content (AvgIpc) is 2.59. The van der Waals surface area contributed by atoms with E-state index >= 15 is 0 Å². The van der Waals surface area contributed by atoms with Gasteiger partial charge in [0.15, 0.2) is 0 Å². The Morgan fingerprint density at radius 2 is 1.83 bits per heavy atom. The van der Waals surface area contributed by atoms with E-state index in [1.165, 1.54) is 0 Å². The number of nitrogens with one attached hydrogen (secondary N) is 1. The predicted octanol–water partition coefficient (Wildman–Crippen LogP) is 1.37. The number of carbonyl (C=O) groups is 1. The Bertz CT molecular complexity index is 553. The van der Waals surface area contributed by atoms with Crippen molar-refractivity contribution in [1.82, 2.24) is 5.32 Å². The van der Waals surface area contributed by atoms with Gasteiger partial charge in [0.05, 0.1) is 19.8 Å². The molecule has 0 radical (unpaired) electrons. The summed E-state index contributed by atoms with van der Waals surface area (Å²) in [6.07, 6.45) is -0.592. The molecule has 24 heavy (non-hydrogen) atoms. The van der Waals surface area contributed by atoms with E-state index in [1.807, 2.05) is 37.3 Å². The van der Waals surface area contributed by atoms with Crippen LogP contribution < -0.4 is 11.1 Å². The summed E-state index contributed by atoms with van der Waals surface area (Å²) in [6, 6.07) is 8.32. The lowest BCUT2D eigenvalue weighted by molar-refractivity contribution is -0.474. The summed E-state index contributed by atoms with van der Waals surface area (Å²) in [6.45, 7) is 5.45. The Hall–Kier alpha value is -1.67. The maximum atomic E-state index is 12.2. The van der Waals surface area contributed by atoms with Crippen LogP contribution in [0.5, 0.6) is 0 Å². The number of fused-ring (bicyclic) bond motifs is 3. The van der Waals surface area contributed by atoms with Crippen LogP contribution >= 0.6 is 0 Å². The Labute approximate surface area is 141 Å². The molecule has 2 bridgehead atoms. The van der Waals surface area contributed by atoms with Gasteiger partial charge < -0.3 is 30.0 Å². The first-order valence-electron chi connectivity index (χ1n) is 8.07. The molecule has 0 spiro atoms. The van der Waals surface area contributed by atoms with Crippen molar-refractivity contribution >= 4 is 6.09 Å². The summed E-state index contributed by atoms with van der Waals surface area (Å²) in [5.74, 6) is -1.35. The third kappa shape index (κ3) is 3.54. The molecule has 1 aromatic carbocycles. The van der Waals surface area contributed by atoms with Gasteiger partial charge in [-0.3, -0.25) is 0 Å². The fourth-order valence-corrected chi connectivity index (χ4v) is 2.78.